The Bertz CT molecular complexity index is 1250. The number of nitrogens with two attached hydrogens (primary N) is 1. The second-order valence-electron chi connectivity index (χ2n) is 7.46. The minimum Gasteiger partial charge on any atom is -0.467 e. The lowest BCUT2D eigenvalue weighted by atomic mass is 10.1. The molecule has 176 valence electrons. The molecule has 2 amide bonds. The van der Waals surface area contributed by atoms with Crippen molar-refractivity contribution in [2.75, 3.05) is 11.1 Å². The van der Waals surface area contributed by atoms with E-state index in [4.69, 9.17) is 10.2 Å². The fourth-order valence-electron chi connectivity index (χ4n) is 3.22. The van der Waals surface area contributed by atoms with E-state index in [-0.39, 0.29) is 18.1 Å². The first-order chi connectivity index (χ1) is 16.5. The predicted molar refractivity (Wildman–Crippen MR) is 132 cm³/mol. The van der Waals surface area contributed by atoms with Gasteiger partial charge in [-0.05, 0) is 24.1 Å². The summed E-state index contributed by atoms with van der Waals surface area (Å²) in [6.45, 7) is 2.51. The molecule has 0 atom stereocenters. The summed E-state index contributed by atoms with van der Waals surface area (Å²) in [4.78, 5) is 28.3. The van der Waals surface area contributed by atoms with Crippen molar-refractivity contribution in [3.8, 4) is 11.3 Å². The van der Waals surface area contributed by atoms with Gasteiger partial charge in [0.2, 0.25) is 11.8 Å². The molecule has 0 spiro atoms. The molecule has 0 saturated carbocycles. The molecule has 0 aliphatic heterocycles. The van der Waals surface area contributed by atoms with Crippen LogP contribution >= 0.6 is 23.1 Å². The fraction of sp³-hybridized carbons (Fsp3) is 0.261. The van der Waals surface area contributed by atoms with E-state index in [1.807, 2.05) is 28.1 Å². The summed E-state index contributed by atoms with van der Waals surface area (Å²) < 4.78 is 7.27. The van der Waals surface area contributed by atoms with Crippen molar-refractivity contribution in [1.29, 1.82) is 0 Å². The summed E-state index contributed by atoms with van der Waals surface area (Å²) in [5, 5.41) is 14.3. The number of aryl methyl sites for hydroxylation is 2. The van der Waals surface area contributed by atoms with Gasteiger partial charge in [-0.25, -0.2) is 4.98 Å². The average Bonchev–Trinajstić information content (AvgIpc) is 3.59. The minimum absolute atomic E-state index is 0.131. The molecule has 0 radical (unpaired) electrons. The third-order valence-electron chi connectivity index (χ3n) is 5.02. The molecule has 0 aliphatic rings. The average molecular weight is 497 g/mol. The van der Waals surface area contributed by atoms with Crippen LogP contribution in [0.5, 0.6) is 0 Å². The summed E-state index contributed by atoms with van der Waals surface area (Å²) in [5.74, 6) is 0.848. The van der Waals surface area contributed by atoms with Gasteiger partial charge in [0, 0.05) is 23.8 Å². The maximum atomic E-state index is 12.6. The van der Waals surface area contributed by atoms with E-state index in [9.17, 15) is 9.59 Å². The number of hydrogen-bond donors (Lipinski definition) is 2. The molecule has 3 aromatic heterocycles. The number of carbonyl (C=O) groups excluding carboxylic acids is 2. The van der Waals surface area contributed by atoms with Gasteiger partial charge in [0.25, 0.3) is 0 Å². The van der Waals surface area contributed by atoms with E-state index in [1.54, 1.807) is 12.3 Å². The number of nitrogens with zero attached hydrogens (tertiary/aromatic N) is 4. The molecule has 0 unspecified atom stereocenters. The van der Waals surface area contributed by atoms with Crippen LogP contribution < -0.4 is 11.1 Å². The normalized spacial score (nSPS) is 11.0. The van der Waals surface area contributed by atoms with Gasteiger partial charge in [0.1, 0.15) is 11.6 Å². The Hall–Kier alpha value is -3.44. The molecule has 3 heterocycles. The van der Waals surface area contributed by atoms with Gasteiger partial charge in [-0.1, -0.05) is 43.0 Å². The summed E-state index contributed by atoms with van der Waals surface area (Å²) in [5.41, 5.74) is 8.38. The largest absolute Gasteiger partial charge is 0.467 e. The van der Waals surface area contributed by atoms with E-state index < -0.39 is 5.91 Å². The molecule has 4 aromatic rings. The number of aromatic nitrogens is 4. The molecule has 3 N–H and O–H groups in total. The highest BCUT2D eigenvalue weighted by atomic mass is 32.2. The van der Waals surface area contributed by atoms with Gasteiger partial charge in [-0.3, -0.25) is 14.2 Å². The first-order valence-electron chi connectivity index (χ1n) is 10.7. The monoisotopic (exact) mass is 496 g/mol. The quantitative estimate of drug-likeness (QED) is 0.303. The topological polar surface area (TPSA) is 129 Å². The van der Waals surface area contributed by atoms with Gasteiger partial charge >= 0.3 is 0 Å². The van der Waals surface area contributed by atoms with Crippen molar-refractivity contribution < 1.29 is 14.0 Å². The number of hydrogen-bond acceptors (Lipinski definition) is 8. The number of anilines is 1. The van der Waals surface area contributed by atoms with E-state index in [0.717, 1.165) is 17.7 Å². The minimum atomic E-state index is -0.412. The molecule has 11 heteroatoms. The van der Waals surface area contributed by atoms with Crippen molar-refractivity contribution in [2.24, 2.45) is 5.73 Å². The Morgan fingerprint density at radius 2 is 2.03 bits per heavy atom. The molecule has 0 aliphatic carbocycles. The van der Waals surface area contributed by atoms with Crippen molar-refractivity contribution in [2.45, 2.75) is 37.9 Å². The Morgan fingerprint density at radius 3 is 2.74 bits per heavy atom. The van der Waals surface area contributed by atoms with Gasteiger partial charge < -0.3 is 15.5 Å². The van der Waals surface area contributed by atoms with Crippen LogP contribution in [0.1, 0.15) is 30.5 Å². The van der Waals surface area contributed by atoms with E-state index in [0.29, 0.717) is 34.8 Å². The van der Waals surface area contributed by atoms with Crippen molar-refractivity contribution in [3.05, 3.63) is 65.2 Å². The first kappa shape index (κ1) is 23.7. The molecular formula is C23H24N6O3S2. The van der Waals surface area contributed by atoms with Gasteiger partial charge in [0.15, 0.2) is 10.3 Å². The molecule has 4 rings (SSSR count). The van der Waals surface area contributed by atoms with Crippen molar-refractivity contribution in [1.82, 2.24) is 19.7 Å². The van der Waals surface area contributed by atoms with Crippen LogP contribution in [-0.2, 0) is 29.0 Å². The molecule has 34 heavy (non-hydrogen) atoms. The molecule has 0 fully saturated rings. The molecular weight excluding hydrogens is 472 g/mol. The van der Waals surface area contributed by atoms with Gasteiger partial charge in [-0.15, -0.1) is 21.5 Å². The van der Waals surface area contributed by atoms with Crippen LogP contribution in [0, 0.1) is 0 Å². The summed E-state index contributed by atoms with van der Waals surface area (Å²) >= 11 is 2.64. The van der Waals surface area contributed by atoms with Crippen LogP contribution in [0.2, 0.25) is 0 Å². The van der Waals surface area contributed by atoms with E-state index >= 15 is 0 Å². The first-order valence-corrected chi connectivity index (χ1v) is 12.6. The third-order valence-corrected chi connectivity index (χ3v) is 6.75. The van der Waals surface area contributed by atoms with E-state index in [1.165, 1.54) is 28.7 Å². The second kappa shape index (κ2) is 11.1. The number of primary amides is 1. The molecule has 0 bridgehead atoms. The lowest BCUT2D eigenvalue weighted by Gasteiger charge is -2.08. The lowest BCUT2D eigenvalue weighted by molar-refractivity contribution is -0.118. The van der Waals surface area contributed by atoms with Crippen molar-refractivity contribution >= 4 is 40.0 Å². The van der Waals surface area contributed by atoms with Gasteiger partial charge in [-0.2, -0.15) is 0 Å². The van der Waals surface area contributed by atoms with Crippen LogP contribution in [0.25, 0.3) is 11.3 Å². The second-order valence-corrected chi connectivity index (χ2v) is 9.26. The Balaban J connectivity index is 1.38. The molecule has 0 saturated heterocycles. The highest BCUT2D eigenvalue weighted by molar-refractivity contribution is 7.99. The number of benzene rings is 1. The highest BCUT2D eigenvalue weighted by Gasteiger charge is 2.17. The summed E-state index contributed by atoms with van der Waals surface area (Å²) in [6.07, 6.45) is 3.09. The van der Waals surface area contributed by atoms with Gasteiger partial charge in [0.05, 0.1) is 24.3 Å². The number of thiazole rings is 1. The SMILES string of the molecule is CCc1ccc(-c2csc(NC(=O)CSc3nnc(CCC(N)=O)n3Cc3ccco3)n2)cc1. The number of furan rings is 1. The standard InChI is InChI=1S/C23H24N6O3S2/c1-2-15-5-7-16(8-6-15)18-13-33-22(25-18)26-21(31)14-34-23-28-27-20(10-9-19(24)30)29(23)12-17-4-3-11-32-17/h3-8,11,13H,2,9-10,12,14H2,1H3,(H2,24,30)(H,25,26,31). The van der Waals surface area contributed by atoms with Crippen LogP contribution in [0.4, 0.5) is 5.13 Å². The maximum Gasteiger partial charge on any atom is 0.236 e. The maximum absolute atomic E-state index is 12.6. The van der Waals surface area contributed by atoms with E-state index in [2.05, 4.69) is 39.6 Å². The Morgan fingerprint density at radius 1 is 1.21 bits per heavy atom. The molecule has 9 nitrogen and oxygen atoms in total. The van der Waals surface area contributed by atoms with Crippen LogP contribution in [-0.4, -0.2) is 37.3 Å². The zero-order chi connectivity index (χ0) is 23.9. The Labute approximate surface area is 204 Å². The molecule has 1 aromatic carbocycles. The number of carbonyl (C=O) groups is 2. The number of amides is 2. The summed E-state index contributed by atoms with van der Waals surface area (Å²) in [6, 6.07) is 11.9. The smallest absolute Gasteiger partial charge is 0.236 e. The Kier molecular flexibility index (Phi) is 7.76. The van der Waals surface area contributed by atoms with Crippen molar-refractivity contribution in [3.63, 3.8) is 0 Å². The summed E-state index contributed by atoms with van der Waals surface area (Å²) in [7, 11) is 0. The fourth-order valence-corrected chi connectivity index (χ4v) is 4.72. The number of rotatable bonds is 11. The number of nitrogens with one attached hydrogen (secondary N) is 1. The predicted octanol–water partition coefficient (Wildman–Crippen LogP) is 3.75. The number of thioether (sulfide) groups is 1. The zero-order valence-corrected chi connectivity index (χ0v) is 20.2. The lowest BCUT2D eigenvalue weighted by Crippen LogP contribution is -2.15. The zero-order valence-electron chi connectivity index (χ0n) is 18.6. The third kappa shape index (κ3) is 6.12. The van der Waals surface area contributed by atoms with Crippen LogP contribution in [0.3, 0.4) is 0 Å². The highest BCUT2D eigenvalue weighted by Crippen LogP contribution is 2.26. The van der Waals surface area contributed by atoms with Crippen LogP contribution in [0.15, 0.2) is 57.6 Å².